The number of rotatable bonds is 0. The third kappa shape index (κ3) is 1.03. The zero-order chi connectivity index (χ0) is 12.4. The largest absolute Gasteiger partial charge is 0.396 e. The number of aromatic nitrogens is 4. The van der Waals surface area contributed by atoms with Crippen LogP contribution in [0.2, 0.25) is 0 Å². The molecule has 0 saturated carbocycles. The van der Waals surface area contributed by atoms with Gasteiger partial charge in [-0.05, 0) is 11.1 Å². The van der Waals surface area contributed by atoms with Gasteiger partial charge in [0.05, 0.1) is 11.8 Å². The van der Waals surface area contributed by atoms with E-state index in [2.05, 4.69) is 32.7 Å². The molecule has 0 aliphatic carbocycles. The van der Waals surface area contributed by atoms with Crippen molar-refractivity contribution in [2.45, 2.75) is 6.54 Å². The van der Waals surface area contributed by atoms with Crippen molar-refractivity contribution in [3.8, 4) is 11.5 Å². The first-order valence-electron chi connectivity index (χ1n) is 6.14. The smallest absolute Gasteiger partial charge is 0.390 e. The van der Waals surface area contributed by atoms with Gasteiger partial charge in [-0.3, -0.25) is 4.98 Å². The molecule has 0 unspecified atom stereocenters. The Morgan fingerprint density at radius 1 is 1.26 bits per heavy atom. The van der Waals surface area contributed by atoms with Crippen LogP contribution < -0.4 is 4.57 Å². The summed E-state index contributed by atoms with van der Waals surface area (Å²) in [5.74, 6) is 0.888. The average Bonchev–Trinajstić information content (AvgIpc) is 3.07. The molecule has 0 fully saturated rings. The number of hydrogen-bond acceptors (Lipinski definition) is 3. The lowest BCUT2D eigenvalue weighted by Gasteiger charge is -1.91. The lowest BCUT2D eigenvalue weighted by molar-refractivity contribution is -0.651. The van der Waals surface area contributed by atoms with Crippen LogP contribution in [-0.2, 0) is 6.54 Å². The highest BCUT2D eigenvalue weighted by atomic mass is 16.4. The van der Waals surface area contributed by atoms with Crippen molar-refractivity contribution < 1.29 is 8.98 Å². The Labute approximate surface area is 107 Å². The summed E-state index contributed by atoms with van der Waals surface area (Å²) in [6.07, 6.45) is 5.35. The van der Waals surface area contributed by atoms with Gasteiger partial charge < -0.3 is 4.42 Å². The molecule has 5 heteroatoms. The maximum atomic E-state index is 6.03. The van der Waals surface area contributed by atoms with Gasteiger partial charge in [0.15, 0.2) is 0 Å². The third-order valence-corrected chi connectivity index (χ3v) is 3.64. The van der Waals surface area contributed by atoms with Gasteiger partial charge in [0, 0.05) is 18.0 Å². The Morgan fingerprint density at radius 3 is 3.21 bits per heavy atom. The van der Waals surface area contributed by atoms with Crippen molar-refractivity contribution in [1.82, 2.24) is 14.4 Å². The van der Waals surface area contributed by atoms with E-state index < -0.39 is 0 Å². The molecule has 5 rings (SSSR count). The fourth-order valence-corrected chi connectivity index (χ4v) is 2.77. The lowest BCUT2D eigenvalue weighted by atomic mass is 10.1. The molecule has 4 aromatic rings. The van der Waals surface area contributed by atoms with E-state index in [0.29, 0.717) is 0 Å². The Bertz CT molecular complexity index is 951. The summed E-state index contributed by atoms with van der Waals surface area (Å²) in [6.45, 7) is 0.815. The van der Waals surface area contributed by atoms with E-state index in [-0.39, 0.29) is 0 Å². The molecule has 0 radical (unpaired) electrons. The highest BCUT2D eigenvalue weighted by Crippen LogP contribution is 2.30. The number of imidazole rings is 1. The van der Waals surface area contributed by atoms with Crippen LogP contribution >= 0.6 is 0 Å². The van der Waals surface area contributed by atoms with Crippen LogP contribution in [0.3, 0.4) is 0 Å². The van der Waals surface area contributed by atoms with Crippen molar-refractivity contribution in [1.29, 1.82) is 0 Å². The summed E-state index contributed by atoms with van der Waals surface area (Å²) in [5, 5.41) is 0. The predicted molar refractivity (Wildman–Crippen MR) is 67.5 cm³/mol. The van der Waals surface area contributed by atoms with Crippen LogP contribution in [0, 0.1) is 0 Å². The molecular formula is C14H9N4O+. The van der Waals surface area contributed by atoms with Gasteiger partial charge in [0.1, 0.15) is 6.54 Å². The maximum Gasteiger partial charge on any atom is 0.390 e. The van der Waals surface area contributed by atoms with Crippen LogP contribution in [0.5, 0.6) is 0 Å². The molecular weight excluding hydrogens is 240 g/mol. The highest BCUT2D eigenvalue weighted by Gasteiger charge is 2.33. The number of nitrogens with zero attached hydrogens (tertiary/aromatic N) is 4. The molecule has 90 valence electrons. The molecule has 0 saturated heterocycles. The van der Waals surface area contributed by atoms with E-state index in [1.807, 2.05) is 16.7 Å². The summed E-state index contributed by atoms with van der Waals surface area (Å²) >= 11 is 0. The van der Waals surface area contributed by atoms with Gasteiger partial charge in [0.2, 0.25) is 0 Å². The van der Waals surface area contributed by atoms with Crippen molar-refractivity contribution in [2.24, 2.45) is 0 Å². The molecule has 0 amide bonds. The molecule has 1 aliphatic rings. The van der Waals surface area contributed by atoms with E-state index >= 15 is 0 Å². The minimum atomic E-state index is 0.780. The first-order valence-corrected chi connectivity index (χ1v) is 6.14. The van der Waals surface area contributed by atoms with E-state index in [9.17, 15) is 0 Å². The zero-order valence-electron chi connectivity index (χ0n) is 9.95. The summed E-state index contributed by atoms with van der Waals surface area (Å²) in [4.78, 5) is 8.69. The van der Waals surface area contributed by atoms with Gasteiger partial charge in [-0.1, -0.05) is 18.2 Å². The second-order valence-corrected chi connectivity index (χ2v) is 4.70. The quantitative estimate of drug-likeness (QED) is 0.393. The fraction of sp³-hybridized carbons (Fsp3) is 0.0714. The first kappa shape index (κ1) is 9.27. The van der Waals surface area contributed by atoms with Crippen LogP contribution in [-0.4, -0.2) is 14.4 Å². The molecule has 3 aromatic heterocycles. The zero-order valence-corrected chi connectivity index (χ0v) is 9.95. The second-order valence-electron chi connectivity index (χ2n) is 4.70. The Hall–Kier alpha value is -2.69. The molecule has 1 aliphatic heterocycles. The first-order chi connectivity index (χ1) is 9.42. The summed E-state index contributed by atoms with van der Waals surface area (Å²) in [6, 6.07) is 8.30. The number of oxazole rings is 1. The Balaban J connectivity index is 1.93. The van der Waals surface area contributed by atoms with Crippen molar-refractivity contribution in [3.63, 3.8) is 0 Å². The SMILES string of the molecule is c1ccc2c(c1)C[n+]1c-2oc2c1nc1cnccn12. The summed E-state index contributed by atoms with van der Waals surface area (Å²) < 4.78 is 10.1. The number of fused-ring (bicyclic) bond motifs is 7. The van der Waals surface area contributed by atoms with Crippen LogP contribution in [0.15, 0.2) is 47.3 Å². The van der Waals surface area contributed by atoms with Crippen molar-refractivity contribution >= 4 is 17.0 Å². The predicted octanol–water partition coefficient (Wildman–Crippen LogP) is 1.79. The number of benzene rings is 1. The van der Waals surface area contributed by atoms with Gasteiger partial charge in [0.25, 0.3) is 11.5 Å². The van der Waals surface area contributed by atoms with Gasteiger partial charge in [-0.25, -0.2) is 4.40 Å². The molecule has 1 aromatic carbocycles. The highest BCUT2D eigenvalue weighted by molar-refractivity contribution is 5.72. The normalized spacial score (nSPS) is 13.1. The minimum Gasteiger partial charge on any atom is -0.396 e. The Morgan fingerprint density at radius 2 is 2.21 bits per heavy atom. The molecule has 0 atom stereocenters. The summed E-state index contributed by atoms with van der Waals surface area (Å²) in [7, 11) is 0. The minimum absolute atomic E-state index is 0.780. The lowest BCUT2D eigenvalue weighted by Crippen LogP contribution is -2.30. The molecule has 5 nitrogen and oxygen atoms in total. The monoisotopic (exact) mass is 249 g/mol. The molecule has 19 heavy (non-hydrogen) atoms. The summed E-state index contributed by atoms with van der Waals surface area (Å²) in [5.41, 5.74) is 4.89. The van der Waals surface area contributed by atoms with Gasteiger partial charge in [-0.15, -0.1) is 0 Å². The van der Waals surface area contributed by atoms with Crippen LogP contribution in [0.1, 0.15) is 5.56 Å². The standard InChI is InChI=1S/C14H9N4O/c1-2-4-10-9(3-1)8-18-12-14(19-13(10)18)17-6-5-15-7-11(17)16-12/h1-7H,8H2/q+1. The van der Waals surface area contributed by atoms with E-state index in [1.165, 1.54) is 5.56 Å². The number of hydrogen-bond donors (Lipinski definition) is 0. The van der Waals surface area contributed by atoms with Gasteiger partial charge >= 0.3 is 11.4 Å². The molecule has 0 spiro atoms. The topological polar surface area (TPSA) is 47.2 Å². The van der Waals surface area contributed by atoms with E-state index in [0.717, 1.165) is 35.0 Å². The van der Waals surface area contributed by atoms with Crippen molar-refractivity contribution in [3.05, 3.63) is 48.4 Å². The van der Waals surface area contributed by atoms with Gasteiger partial charge in [-0.2, -0.15) is 4.57 Å². The average molecular weight is 249 g/mol. The van der Waals surface area contributed by atoms with Crippen LogP contribution in [0.4, 0.5) is 0 Å². The third-order valence-electron chi connectivity index (χ3n) is 3.64. The van der Waals surface area contributed by atoms with Crippen molar-refractivity contribution in [2.75, 3.05) is 0 Å². The van der Waals surface area contributed by atoms with Crippen LogP contribution in [0.25, 0.3) is 28.5 Å². The van der Waals surface area contributed by atoms with E-state index in [4.69, 9.17) is 4.42 Å². The Kier molecular flexibility index (Phi) is 1.46. The molecule has 4 heterocycles. The van der Waals surface area contributed by atoms with E-state index in [1.54, 1.807) is 12.4 Å². The maximum absolute atomic E-state index is 6.03. The molecule has 0 N–H and O–H groups in total. The molecule has 0 bridgehead atoms. The fourth-order valence-electron chi connectivity index (χ4n) is 2.77. The second kappa shape index (κ2) is 3.00.